The Hall–Kier alpha value is -2.32. The van der Waals surface area contributed by atoms with Crippen LogP contribution in [-0.4, -0.2) is 73.7 Å². The Balaban J connectivity index is 1.59. The minimum Gasteiger partial charge on any atom is -0.497 e. The fourth-order valence-electron chi connectivity index (χ4n) is 3.74. The number of likely N-dealkylation sites (N-methyl/N-ethyl adjacent to an activating group) is 1. The minimum atomic E-state index is 0.00356. The van der Waals surface area contributed by atoms with E-state index in [0.717, 1.165) is 42.6 Å². The van der Waals surface area contributed by atoms with Crippen LogP contribution in [0.3, 0.4) is 0 Å². The standard InChI is InChI=1S/C21H31N5O2S/c1-4-24(5-2)19(17-7-6-8-18(15-17)28-3)16-23-20(27)25-10-12-26(13-11-25)21-22-9-14-29-21/h6-9,14-15,19H,4-5,10-13,16H2,1-3H3,(H,23,27)/t19-/m0/s1. The van der Waals surface area contributed by atoms with Crippen LogP contribution in [0.5, 0.6) is 5.75 Å². The van der Waals surface area contributed by atoms with E-state index in [1.165, 1.54) is 0 Å². The third-order valence-electron chi connectivity index (χ3n) is 5.44. The maximum Gasteiger partial charge on any atom is 0.317 e. The third kappa shape index (κ3) is 5.39. The average Bonchev–Trinajstić information content (AvgIpc) is 3.31. The summed E-state index contributed by atoms with van der Waals surface area (Å²) in [5.74, 6) is 0.837. The summed E-state index contributed by atoms with van der Waals surface area (Å²) < 4.78 is 5.39. The van der Waals surface area contributed by atoms with Gasteiger partial charge in [0.15, 0.2) is 5.13 Å². The Kier molecular flexibility index (Phi) is 7.71. The van der Waals surface area contributed by atoms with Gasteiger partial charge in [0.1, 0.15) is 5.75 Å². The molecule has 1 saturated heterocycles. The van der Waals surface area contributed by atoms with Crippen LogP contribution >= 0.6 is 11.3 Å². The summed E-state index contributed by atoms with van der Waals surface area (Å²) in [6, 6.07) is 8.23. The van der Waals surface area contributed by atoms with Gasteiger partial charge in [-0.3, -0.25) is 4.90 Å². The second-order valence-corrected chi connectivity index (χ2v) is 7.86. The molecule has 8 heteroatoms. The van der Waals surface area contributed by atoms with E-state index >= 15 is 0 Å². The largest absolute Gasteiger partial charge is 0.497 e. The number of methoxy groups -OCH3 is 1. The minimum absolute atomic E-state index is 0.00356. The molecule has 1 atom stereocenters. The van der Waals surface area contributed by atoms with Crippen molar-refractivity contribution >= 4 is 22.5 Å². The van der Waals surface area contributed by atoms with Crippen molar-refractivity contribution in [3.8, 4) is 5.75 Å². The number of anilines is 1. The van der Waals surface area contributed by atoms with Crippen molar-refractivity contribution in [2.24, 2.45) is 0 Å². The lowest BCUT2D eigenvalue weighted by molar-refractivity contribution is 0.180. The van der Waals surface area contributed by atoms with Gasteiger partial charge in [0.2, 0.25) is 0 Å². The number of nitrogens with one attached hydrogen (secondary N) is 1. The molecule has 2 aromatic rings. The molecule has 1 aromatic heterocycles. The van der Waals surface area contributed by atoms with Gasteiger partial charge >= 0.3 is 6.03 Å². The lowest BCUT2D eigenvalue weighted by Crippen LogP contribution is -2.52. The predicted molar refractivity (Wildman–Crippen MR) is 118 cm³/mol. The first-order chi connectivity index (χ1) is 14.2. The molecule has 29 heavy (non-hydrogen) atoms. The Labute approximate surface area is 177 Å². The van der Waals surface area contributed by atoms with Gasteiger partial charge in [-0.15, -0.1) is 11.3 Å². The van der Waals surface area contributed by atoms with Gasteiger partial charge in [-0.2, -0.15) is 0 Å². The van der Waals surface area contributed by atoms with E-state index in [0.29, 0.717) is 19.6 Å². The Bertz CT molecular complexity index is 758. The van der Waals surface area contributed by atoms with Gasteiger partial charge < -0.3 is 19.9 Å². The van der Waals surface area contributed by atoms with E-state index < -0.39 is 0 Å². The zero-order valence-electron chi connectivity index (χ0n) is 17.5. The molecule has 1 aromatic carbocycles. The molecule has 158 valence electrons. The van der Waals surface area contributed by atoms with E-state index in [1.54, 1.807) is 18.4 Å². The molecule has 1 aliphatic rings. The summed E-state index contributed by atoms with van der Waals surface area (Å²) in [4.78, 5) is 23.6. The number of rotatable bonds is 8. The molecule has 1 N–H and O–H groups in total. The highest BCUT2D eigenvalue weighted by Gasteiger charge is 2.24. The smallest absolute Gasteiger partial charge is 0.317 e. The van der Waals surface area contributed by atoms with Crippen molar-refractivity contribution in [2.75, 3.05) is 57.8 Å². The number of nitrogens with zero attached hydrogens (tertiary/aromatic N) is 4. The van der Waals surface area contributed by atoms with Crippen molar-refractivity contribution in [2.45, 2.75) is 19.9 Å². The number of amides is 2. The normalized spacial score (nSPS) is 15.4. The topological polar surface area (TPSA) is 60.9 Å². The summed E-state index contributed by atoms with van der Waals surface area (Å²) >= 11 is 1.64. The van der Waals surface area contributed by atoms with Gasteiger partial charge in [-0.05, 0) is 30.8 Å². The van der Waals surface area contributed by atoms with Crippen LogP contribution in [0.25, 0.3) is 0 Å². The van der Waals surface area contributed by atoms with E-state index in [4.69, 9.17) is 4.74 Å². The van der Waals surface area contributed by atoms with Crippen molar-refractivity contribution < 1.29 is 9.53 Å². The molecule has 1 aliphatic heterocycles. The number of aromatic nitrogens is 1. The fraction of sp³-hybridized carbons (Fsp3) is 0.524. The number of hydrogen-bond donors (Lipinski definition) is 1. The molecule has 1 fully saturated rings. The number of thiazole rings is 1. The highest BCUT2D eigenvalue weighted by molar-refractivity contribution is 7.13. The number of urea groups is 1. The van der Waals surface area contributed by atoms with E-state index in [9.17, 15) is 4.79 Å². The molecular weight excluding hydrogens is 386 g/mol. The highest BCUT2D eigenvalue weighted by atomic mass is 32.1. The second kappa shape index (κ2) is 10.5. The first-order valence-electron chi connectivity index (χ1n) is 10.2. The molecule has 2 amide bonds. The van der Waals surface area contributed by atoms with E-state index in [-0.39, 0.29) is 12.1 Å². The average molecular weight is 418 g/mol. The predicted octanol–water partition coefficient (Wildman–Crippen LogP) is 3.07. The summed E-state index contributed by atoms with van der Waals surface area (Å²) in [6.45, 7) is 9.75. The lowest BCUT2D eigenvalue weighted by atomic mass is 10.0. The molecular formula is C21H31N5O2S. The fourth-order valence-corrected chi connectivity index (χ4v) is 4.44. The van der Waals surface area contributed by atoms with Gasteiger partial charge in [0, 0.05) is 44.3 Å². The second-order valence-electron chi connectivity index (χ2n) is 6.99. The van der Waals surface area contributed by atoms with Gasteiger partial charge in [0.05, 0.1) is 13.2 Å². The molecule has 0 saturated carbocycles. The van der Waals surface area contributed by atoms with Crippen molar-refractivity contribution in [1.82, 2.24) is 20.1 Å². The molecule has 3 rings (SSSR count). The highest BCUT2D eigenvalue weighted by Crippen LogP contribution is 2.24. The maximum atomic E-state index is 12.8. The summed E-state index contributed by atoms with van der Waals surface area (Å²) in [5, 5.41) is 6.18. The maximum absolute atomic E-state index is 12.8. The summed E-state index contributed by atoms with van der Waals surface area (Å²) in [7, 11) is 1.68. The van der Waals surface area contributed by atoms with Crippen LogP contribution < -0.4 is 15.0 Å². The molecule has 0 spiro atoms. The van der Waals surface area contributed by atoms with Crippen LogP contribution in [0.2, 0.25) is 0 Å². The first kappa shape index (κ1) is 21.4. The van der Waals surface area contributed by atoms with E-state index in [2.05, 4.69) is 46.1 Å². The van der Waals surface area contributed by atoms with Gasteiger partial charge in [-0.1, -0.05) is 26.0 Å². The number of benzene rings is 1. The third-order valence-corrected chi connectivity index (χ3v) is 6.27. The van der Waals surface area contributed by atoms with Crippen LogP contribution in [0.1, 0.15) is 25.5 Å². The van der Waals surface area contributed by atoms with Gasteiger partial charge in [0.25, 0.3) is 0 Å². The van der Waals surface area contributed by atoms with E-state index in [1.807, 2.05) is 28.6 Å². The molecule has 0 aliphatic carbocycles. The molecule has 7 nitrogen and oxygen atoms in total. The molecule has 2 heterocycles. The van der Waals surface area contributed by atoms with Gasteiger partial charge in [-0.25, -0.2) is 9.78 Å². The molecule has 0 unspecified atom stereocenters. The summed E-state index contributed by atoms with van der Waals surface area (Å²) in [5.41, 5.74) is 1.15. The SMILES string of the molecule is CCN(CC)[C@@H](CNC(=O)N1CCN(c2nccs2)CC1)c1cccc(OC)c1. The number of hydrogen-bond acceptors (Lipinski definition) is 6. The lowest BCUT2D eigenvalue weighted by Gasteiger charge is -2.35. The zero-order chi connectivity index (χ0) is 20.6. The van der Waals surface area contributed by atoms with Crippen LogP contribution in [-0.2, 0) is 0 Å². The number of piperazine rings is 1. The summed E-state index contributed by atoms with van der Waals surface area (Å²) in [6.07, 6.45) is 1.82. The molecule has 0 radical (unpaired) electrons. The number of carbonyl (C=O) groups is 1. The number of carbonyl (C=O) groups excluding carboxylic acids is 1. The zero-order valence-corrected chi connectivity index (χ0v) is 18.3. The van der Waals surface area contributed by atoms with Crippen molar-refractivity contribution in [1.29, 1.82) is 0 Å². The van der Waals surface area contributed by atoms with Crippen LogP contribution in [0, 0.1) is 0 Å². The van der Waals surface area contributed by atoms with Crippen LogP contribution in [0.15, 0.2) is 35.8 Å². The molecule has 0 bridgehead atoms. The Morgan fingerprint density at radius 1 is 1.28 bits per heavy atom. The number of ether oxygens (including phenoxy) is 1. The quantitative estimate of drug-likeness (QED) is 0.715. The Morgan fingerprint density at radius 2 is 2.03 bits per heavy atom. The van der Waals surface area contributed by atoms with Crippen molar-refractivity contribution in [3.63, 3.8) is 0 Å². The first-order valence-corrected chi connectivity index (χ1v) is 11.1. The Morgan fingerprint density at radius 3 is 2.66 bits per heavy atom. The monoisotopic (exact) mass is 417 g/mol. The van der Waals surface area contributed by atoms with Crippen molar-refractivity contribution in [3.05, 3.63) is 41.4 Å². The van der Waals surface area contributed by atoms with Crippen LogP contribution in [0.4, 0.5) is 9.93 Å².